The Labute approximate surface area is 167 Å². The van der Waals surface area contributed by atoms with Gasteiger partial charge < -0.3 is 20.4 Å². The van der Waals surface area contributed by atoms with Gasteiger partial charge in [-0.1, -0.05) is 0 Å². The van der Waals surface area contributed by atoms with E-state index in [0.29, 0.717) is 12.2 Å². The van der Waals surface area contributed by atoms with E-state index in [0.717, 1.165) is 37.4 Å². The minimum Gasteiger partial charge on any atom is -0.372 e. The number of hydrogen-bond acceptors (Lipinski definition) is 5. The molecule has 28 heavy (non-hydrogen) atoms. The van der Waals surface area contributed by atoms with Crippen molar-refractivity contribution in [3.63, 3.8) is 0 Å². The number of benzene rings is 1. The summed E-state index contributed by atoms with van der Waals surface area (Å²) in [5.41, 5.74) is 3.57. The van der Waals surface area contributed by atoms with Crippen molar-refractivity contribution in [3.05, 3.63) is 48.3 Å². The molecule has 0 aliphatic carbocycles. The molecule has 1 saturated heterocycles. The molecule has 0 spiro atoms. The van der Waals surface area contributed by atoms with Crippen LogP contribution in [0.25, 0.3) is 0 Å². The van der Waals surface area contributed by atoms with Gasteiger partial charge >= 0.3 is 0 Å². The number of hydrogen-bond donors (Lipinski definition) is 2. The van der Waals surface area contributed by atoms with Gasteiger partial charge in [-0.2, -0.15) is 0 Å². The Morgan fingerprint density at radius 3 is 2.54 bits per heavy atom. The van der Waals surface area contributed by atoms with Crippen LogP contribution in [0, 0.1) is 0 Å². The molecule has 1 aliphatic rings. The number of anilines is 3. The third-order valence-electron chi connectivity index (χ3n) is 4.94. The van der Waals surface area contributed by atoms with Crippen molar-refractivity contribution in [2.75, 3.05) is 50.5 Å². The molecule has 3 rings (SSSR count). The first-order valence-corrected chi connectivity index (χ1v) is 10.1. The average molecular weight is 382 g/mol. The number of carbonyl (C=O) groups is 1. The Morgan fingerprint density at radius 1 is 1.07 bits per heavy atom. The number of aromatic nitrogens is 1. The van der Waals surface area contributed by atoms with Crippen LogP contribution < -0.4 is 15.5 Å². The largest absolute Gasteiger partial charge is 0.372 e. The summed E-state index contributed by atoms with van der Waals surface area (Å²) in [6.45, 7) is 3.88. The van der Waals surface area contributed by atoms with Crippen molar-refractivity contribution < 1.29 is 4.79 Å². The van der Waals surface area contributed by atoms with Crippen molar-refractivity contribution >= 4 is 23.0 Å². The van der Waals surface area contributed by atoms with Gasteiger partial charge in [-0.05, 0) is 82.7 Å². The molecule has 150 valence electrons. The summed E-state index contributed by atoms with van der Waals surface area (Å²) in [6, 6.07) is 12.2. The molecule has 6 nitrogen and oxygen atoms in total. The standard InChI is InChI=1S/C22H31N5O/c1-26(2)14-6-12-24-22(28)21-17-19(11-13-23-21)25-18-7-9-20(10-8-18)27-15-4-3-5-16-27/h7-11,13,17H,3-6,12,14-16H2,1-2H3,(H,23,25)(H,24,28). The van der Waals surface area contributed by atoms with Crippen LogP contribution in [0.4, 0.5) is 17.1 Å². The van der Waals surface area contributed by atoms with E-state index < -0.39 is 0 Å². The van der Waals surface area contributed by atoms with Crippen LogP contribution in [0.2, 0.25) is 0 Å². The lowest BCUT2D eigenvalue weighted by atomic mass is 10.1. The Morgan fingerprint density at radius 2 is 1.82 bits per heavy atom. The first-order chi connectivity index (χ1) is 13.6. The van der Waals surface area contributed by atoms with E-state index in [-0.39, 0.29) is 5.91 Å². The first-order valence-electron chi connectivity index (χ1n) is 10.1. The number of pyridine rings is 1. The zero-order chi connectivity index (χ0) is 19.8. The van der Waals surface area contributed by atoms with Crippen molar-refractivity contribution in [3.8, 4) is 0 Å². The van der Waals surface area contributed by atoms with Gasteiger partial charge in [0, 0.05) is 42.9 Å². The van der Waals surface area contributed by atoms with Crippen molar-refractivity contribution in [1.29, 1.82) is 0 Å². The number of carbonyl (C=O) groups excluding carboxylic acids is 1. The molecular formula is C22H31N5O. The van der Waals surface area contributed by atoms with Crippen LogP contribution >= 0.6 is 0 Å². The summed E-state index contributed by atoms with van der Waals surface area (Å²) >= 11 is 0. The fourth-order valence-electron chi connectivity index (χ4n) is 3.39. The second-order valence-corrected chi connectivity index (χ2v) is 7.56. The highest BCUT2D eigenvalue weighted by Crippen LogP contribution is 2.23. The van der Waals surface area contributed by atoms with Gasteiger partial charge in [0.1, 0.15) is 5.69 Å². The van der Waals surface area contributed by atoms with E-state index >= 15 is 0 Å². The summed E-state index contributed by atoms with van der Waals surface area (Å²) in [6.07, 6.45) is 6.47. The normalized spacial score (nSPS) is 14.2. The van der Waals surface area contributed by atoms with Crippen molar-refractivity contribution in [2.45, 2.75) is 25.7 Å². The van der Waals surface area contributed by atoms with Gasteiger partial charge in [-0.3, -0.25) is 9.78 Å². The third kappa shape index (κ3) is 5.96. The minimum atomic E-state index is -0.136. The van der Waals surface area contributed by atoms with Gasteiger partial charge in [0.05, 0.1) is 0 Å². The molecule has 1 aromatic carbocycles. The summed E-state index contributed by atoms with van der Waals surface area (Å²) in [4.78, 5) is 21.0. The number of piperidine rings is 1. The van der Waals surface area contributed by atoms with Gasteiger partial charge in [0.2, 0.25) is 0 Å². The Balaban J connectivity index is 1.55. The zero-order valence-electron chi connectivity index (χ0n) is 16.9. The maximum absolute atomic E-state index is 12.3. The molecule has 0 radical (unpaired) electrons. The van der Waals surface area contributed by atoms with E-state index in [2.05, 4.69) is 49.7 Å². The predicted octanol–water partition coefficient (Wildman–Crippen LogP) is 3.50. The third-order valence-corrected chi connectivity index (χ3v) is 4.94. The van der Waals surface area contributed by atoms with Crippen LogP contribution in [0.3, 0.4) is 0 Å². The maximum atomic E-state index is 12.3. The lowest BCUT2D eigenvalue weighted by Gasteiger charge is -2.28. The Hall–Kier alpha value is -2.60. The fourth-order valence-corrected chi connectivity index (χ4v) is 3.39. The molecular weight excluding hydrogens is 350 g/mol. The van der Waals surface area contributed by atoms with E-state index in [1.807, 2.05) is 20.2 Å². The van der Waals surface area contributed by atoms with Crippen molar-refractivity contribution in [2.24, 2.45) is 0 Å². The summed E-state index contributed by atoms with van der Waals surface area (Å²) in [5.74, 6) is -0.136. The molecule has 2 heterocycles. The smallest absolute Gasteiger partial charge is 0.269 e. The van der Waals surface area contributed by atoms with Gasteiger partial charge in [0.25, 0.3) is 5.91 Å². The second kappa shape index (κ2) is 10.1. The quantitative estimate of drug-likeness (QED) is 0.686. The molecule has 1 aromatic heterocycles. The SMILES string of the molecule is CN(C)CCCNC(=O)c1cc(Nc2ccc(N3CCCCC3)cc2)ccn1. The topological polar surface area (TPSA) is 60.5 Å². The van der Waals surface area contributed by atoms with Gasteiger partial charge in [-0.15, -0.1) is 0 Å². The molecule has 0 saturated carbocycles. The van der Waals surface area contributed by atoms with E-state index in [1.54, 1.807) is 12.3 Å². The van der Waals surface area contributed by atoms with Crippen LogP contribution in [-0.4, -0.2) is 56.1 Å². The van der Waals surface area contributed by atoms with Crippen LogP contribution in [-0.2, 0) is 0 Å². The van der Waals surface area contributed by atoms with Crippen LogP contribution in [0.5, 0.6) is 0 Å². The van der Waals surface area contributed by atoms with E-state index in [9.17, 15) is 4.79 Å². The minimum absolute atomic E-state index is 0.136. The molecule has 1 amide bonds. The van der Waals surface area contributed by atoms with Crippen LogP contribution in [0.1, 0.15) is 36.2 Å². The second-order valence-electron chi connectivity index (χ2n) is 7.56. The lowest BCUT2D eigenvalue weighted by molar-refractivity contribution is 0.0947. The van der Waals surface area contributed by atoms with E-state index in [4.69, 9.17) is 0 Å². The summed E-state index contributed by atoms with van der Waals surface area (Å²) < 4.78 is 0. The molecule has 2 aromatic rings. The monoisotopic (exact) mass is 381 g/mol. The van der Waals surface area contributed by atoms with Crippen molar-refractivity contribution in [1.82, 2.24) is 15.2 Å². The number of rotatable bonds is 8. The highest BCUT2D eigenvalue weighted by molar-refractivity contribution is 5.93. The highest BCUT2D eigenvalue weighted by atomic mass is 16.1. The van der Waals surface area contributed by atoms with Gasteiger partial charge in [-0.25, -0.2) is 0 Å². The van der Waals surface area contributed by atoms with E-state index in [1.165, 1.54) is 24.9 Å². The zero-order valence-corrected chi connectivity index (χ0v) is 16.9. The predicted molar refractivity (Wildman–Crippen MR) is 116 cm³/mol. The molecule has 1 fully saturated rings. The Bertz CT molecular complexity index is 754. The fraction of sp³-hybridized carbons (Fsp3) is 0.455. The summed E-state index contributed by atoms with van der Waals surface area (Å²) in [7, 11) is 4.05. The highest BCUT2D eigenvalue weighted by Gasteiger charge is 2.11. The molecule has 1 aliphatic heterocycles. The Kier molecular flexibility index (Phi) is 7.25. The van der Waals surface area contributed by atoms with Gasteiger partial charge in [0.15, 0.2) is 0 Å². The molecule has 6 heteroatoms. The average Bonchev–Trinajstić information content (AvgIpc) is 2.72. The number of nitrogens with one attached hydrogen (secondary N) is 2. The number of amides is 1. The lowest BCUT2D eigenvalue weighted by Crippen LogP contribution is -2.29. The number of nitrogens with zero attached hydrogens (tertiary/aromatic N) is 3. The first kappa shape index (κ1) is 20.1. The van der Waals surface area contributed by atoms with Crippen LogP contribution in [0.15, 0.2) is 42.6 Å². The molecule has 0 bridgehead atoms. The molecule has 0 atom stereocenters. The maximum Gasteiger partial charge on any atom is 0.269 e. The summed E-state index contributed by atoms with van der Waals surface area (Å²) in [5, 5.41) is 6.29. The molecule has 2 N–H and O–H groups in total. The molecule has 0 unspecified atom stereocenters.